The maximum Gasteiger partial charge on any atom is 0.408 e. The van der Waals surface area contributed by atoms with E-state index in [2.05, 4.69) is 10.6 Å². The normalized spacial score (nSPS) is 8.12. The summed E-state index contributed by atoms with van der Waals surface area (Å²) in [5.41, 5.74) is 0. The van der Waals surface area contributed by atoms with Crippen molar-refractivity contribution in [2.75, 3.05) is 27.0 Å². The Morgan fingerprint density at radius 2 is 1.75 bits per heavy atom. The molecule has 2 amide bonds. The molecule has 6 nitrogen and oxygen atoms in total. The van der Waals surface area contributed by atoms with Crippen LogP contribution in [0.15, 0.2) is 0 Å². The van der Waals surface area contributed by atoms with Gasteiger partial charge in [0.2, 0.25) is 5.91 Å². The first-order chi connectivity index (χ1) is 6.66. The molecule has 0 saturated carbocycles. The van der Waals surface area contributed by atoms with Gasteiger partial charge in [-0.05, 0) is 0 Å². The number of amides is 2. The first-order valence-electron chi connectivity index (χ1n) is 4.31. The Labute approximate surface area is 97.7 Å². The largest absolute Gasteiger partial charge is 0.449 e. The van der Waals surface area contributed by atoms with Crippen molar-refractivity contribution in [2.45, 2.75) is 28.2 Å². The third kappa shape index (κ3) is 15.2. The van der Waals surface area contributed by atoms with Crippen LogP contribution in [0, 0.1) is 0 Å². The minimum atomic E-state index is -0.546. The fourth-order valence-corrected chi connectivity index (χ4v) is 0.660. The number of rotatable bonds is 6. The highest BCUT2D eigenvalue weighted by Gasteiger charge is 1.99. The van der Waals surface area contributed by atoms with Crippen LogP contribution in [0.2, 0.25) is 0 Å². The topological polar surface area (TPSA) is 76.7 Å². The second kappa shape index (κ2) is 13.7. The highest BCUT2D eigenvalue weighted by molar-refractivity contribution is 5.73. The SMILES string of the molecule is C.C.COCCCOC(=O)NCNC(C)=O. The van der Waals surface area contributed by atoms with E-state index in [4.69, 9.17) is 9.47 Å². The lowest BCUT2D eigenvalue weighted by Crippen LogP contribution is -2.36. The number of methoxy groups -OCH3 is 1. The van der Waals surface area contributed by atoms with Gasteiger partial charge in [-0.25, -0.2) is 4.79 Å². The van der Waals surface area contributed by atoms with Gasteiger partial charge >= 0.3 is 6.09 Å². The summed E-state index contributed by atoms with van der Waals surface area (Å²) in [5.74, 6) is -0.204. The molecule has 0 saturated heterocycles. The van der Waals surface area contributed by atoms with Crippen molar-refractivity contribution in [3.8, 4) is 0 Å². The van der Waals surface area contributed by atoms with E-state index in [1.165, 1.54) is 6.92 Å². The first-order valence-corrected chi connectivity index (χ1v) is 4.31. The van der Waals surface area contributed by atoms with Gasteiger partial charge in [0.1, 0.15) is 0 Å². The molecule has 98 valence electrons. The van der Waals surface area contributed by atoms with E-state index in [-0.39, 0.29) is 27.4 Å². The molecule has 6 heteroatoms. The van der Waals surface area contributed by atoms with Gasteiger partial charge < -0.3 is 20.1 Å². The van der Waals surface area contributed by atoms with Crippen LogP contribution in [-0.2, 0) is 14.3 Å². The number of nitrogens with one attached hydrogen (secondary N) is 2. The quantitative estimate of drug-likeness (QED) is 0.535. The van der Waals surface area contributed by atoms with Crippen LogP contribution in [0.3, 0.4) is 0 Å². The lowest BCUT2D eigenvalue weighted by atomic mass is 10.5. The molecule has 0 aliphatic carbocycles. The second-order valence-electron chi connectivity index (χ2n) is 2.57. The van der Waals surface area contributed by atoms with Gasteiger partial charge in [0.25, 0.3) is 0 Å². The van der Waals surface area contributed by atoms with Crippen LogP contribution in [0.4, 0.5) is 4.79 Å². The monoisotopic (exact) mass is 236 g/mol. The molecule has 0 rings (SSSR count). The summed E-state index contributed by atoms with van der Waals surface area (Å²) >= 11 is 0. The average molecular weight is 236 g/mol. The Balaban J connectivity index is -0.000000845. The zero-order chi connectivity index (χ0) is 10.8. The van der Waals surface area contributed by atoms with Crippen LogP contribution in [0.1, 0.15) is 28.2 Å². The van der Waals surface area contributed by atoms with Crippen LogP contribution in [0.25, 0.3) is 0 Å². The molecule has 0 aliphatic heterocycles. The summed E-state index contributed by atoms with van der Waals surface area (Å²) in [6, 6.07) is 0. The van der Waals surface area contributed by atoms with E-state index in [1.54, 1.807) is 7.11 Å². The summed E-state index contributed by atoms with van der Waals surface area (Å²) in [7, 11) is 1.58. The summed E-state index contributed by atoms with van der Waals surface area (Å²) in [6.07, 6.45) is 0.110. The van der Waals surface area contributed by atoms with Gasteiger partial charge in [-0.15, -0.1) is 0 Å². The van der Waals surface area contributed by atoms with Crippen LogP contribution in [-0.4, -0.2) is 39.0 Å². The molecule has 0 atom stereocenters. The average Bonchev–Trinajstić information content (AvgIpc) is 2.12. The molecule has 2 N–H and O–H groups in total. The Bertz CT molecular complexity index is 186. The van der Waals surface area contributed by atoms with E-state index in [0.717, 1.165) is 0 Å². The van der Waals surface area contributed by atoms with Gasteiger partial charge in [-0.1, -0.05) is 14.9 Å². The summed E-state index contributed by atoms with van der Waals surface area (Å²) in [5, 5.41) is 4.76. The van der Waals surface area contributed by atoms with Crippen molar-refractivity contribution in [2.24, 2.45) is 0 Å². The predicted molar refractivity (Wildman–Crippen MR) is 63.1 cm³/mol. The van der Waals surface area contributed by atoms with Gasteiger partial charge in [-0.3, -0.25) is 4.79 Å². The number of hydrogen-bond donors (Lipinski definition) is 2. The van der Waals surface area contributed by atoms with Crippen molar-refractivity contribution >= 4 is 12.0 Å². The molecule has 0 radical (unpaired) electrons. The summed E-state index contributed by atoms with van der Waals surface area (Å²) in [4.78, 5) is 21.3. The van der Waals surface area contributed by atoms with Crippen molar-refractivity contribution in [1.82, 2.24) is 10.6 Å². The fraction of sp³-hybridized carbons (Fsp3) is 0.800. The molecule has 0 unspecified atom stereocenters. The Hall–Kier alpha value is -1.30. The standard InChI is InChI=1S/C8H16N2O4.2CH4/c1-7(11)9-6-10-8(12)14-5-3-4-13-2;;/h3-6H2,1-2H3,(H,9,11)(H,10,12);2*1H4. The number of alkyl carbamates (subject to hydrolysis) is 1. The zero-order valence-electron chi connectivity index (χ0n) is 8.46. The first kappa shape index (κ1) is 20.2. The highest BCUT2D eigenvalue weighted by Crippen LogP contribution is 1.83. The van der Waals surface area contributed by atoms with E-state index in [1.807, 2.05) is 0 Å². The zero-order valence-corrected chi connectivity index (χ0v) is 8.46. The number of carbonyl (C=O) groups is 2. The molecule has 0 aromatic carbocycles. The Kier molecular flexibility index (Phi) is 17.3. The summed E-state index contributed by atoms with van der Waals surface area (Å²) < 4.78 is 9.51. The van der Waals surface area contributed by atoms with E-state index >= 15 is 0 Å². The minimum Gasteiger partial charge on any atom is -0.449 e. The van der Waals surface area contributed by atoms with E-state index < -0.39 is 6.09 Å². The number of carbonyl (C=O) groups excluding carboxylic acids is 2. The summed E-state index contributed by atoms with van der Waals surface area (Å²) in [6.45, 7) is 2.31. The maximum atomic E-state index is 10.9. The van der Waals surface area contributed by atoms with E-state index in [0.29, 0.717) is 19.6 Å². The Morgan fingerprint density at radius 3 is 2.25 bits per heavy atom. The number of ether oxygens (including phenoxy) is 2. The number of hydrogen-bond acceptors (Lipinski definition) is 4. The smallest absolute Gasteiger partial charge is 0.408 e. The van der Waals surface area contributed by atoms with Gasteiger partial charge in [-0.2, -0.15) is 0 Å². The molecule has 0 aliphatic rings. The van der Waals surface area contributed by atoms with E-state index in [9.17, 15) is 9.59 Å². The maximum absolute atomic E-state index is 10.9. The lowest BCUT2D eigenvalue weighted by Gasteiger charge is -2.06. The third-order valence-electron chi connectivity index (χ3n) is 1.30. The van der Waals surface area contributed by atoms with Crippen molar-refractivity contribution in [3.63, 3.8) is 0 Å². The molecule has 0 spiro atoms. The van der Waals surface area contributed by atoms with Gasteiger partial charge in [0.15, 0.2) is 0 Å². The van der Waals surface area contributed by atoms with Crippen LogP contribution < -0.4 is 10.6 Å². The molecule has 0 bridgehead atoms. The second-order valence-corrected chi connectivity index (χ2v) is 2.57. The van der Waals surface area contributed by atoms with Crippen LogP contribution in [0.5, 0.6) is 0 Å². The molecular weight excluding hydrogens is 212 g/mol. The fourth-order valence-electron chi connectivity index (χ4n) is 0.660. The molecule has 16 heavy (non-hydrogen) atoms. The molecule has 0 fully saturated rings. The minimum absolute atomic E-state index is 0. The van der Waals surface area contributed by atoms with Crippen LogP contribution >= 0.6 is 0 Å². The Morgan fingerprint density at radius 1 is 1.12 bits per heavy atom. The van der Waals surface area contributed by atoms with Crippen molar-refractivity contribution in [3.05, 3.63) is 0 Å². The van der Waals surface area contributed by atoms with Gasteiger partial charge in [0.05, 0.1) is 13.3 Å². The molecular formula is C10H24N2O4. The molecule has 0 aromatic rings. The lowest BCUT2D eigenvalue weighted by molar-refractivity contribution is -0.119. The molecule has 0 heterocycles. The molecule has 0 aromatic heterocycles. The predicted octanol–water partition coefficient (Wildman–Crippen LogP) is 1.11. The van der Waals surface area contributed by atoms with Gasteiger partial charge in [0, 0.05) is 27.1 Å². The third-order valence-corrected chi connectivity index (χ3v) is 1.30. The van der Waals surface area contributed by atoms with Crippen molar-refractivity contribution < 1.29 is 19.1 Å². The van der Waals surface area contributed by atoms with Crippen molar-refractivity contribution in [1.29, 1.82) is 0 Å². The highest BCUT2D eigenvalue weighted by atomic mass is 16.5.